The number of carbonyl (C=O) groups is 1. The van der Waals surface area contributed by atoms with Crippen LogP contribution in [0.3, 0.4) is 0 Å². The second-order valence-corrected chi connectivity index (χ2v) is 6.60. The van der Waals surface area contributed by atoms with Crippen molar-refractivity contribution in [3.05, 3.63) is 77.5 Å². The molecule has 29 heavy (non-hydrogen) atoms. The van der Waals surface area contributed by atoms with Gasteiger partial charge in [-0.1, -0.05) is 56.3 Å². The Morgan fingerprint density at radius 2 is 1.62 bits per heavy atom. The number of benzene rings is 3. The number of amides is 1. The third-order valence-electron chi connectivity index (χ3n) is 4.87. The zero-order valence-corrected chi connectivity index (χ0v) is 16.5. The first-order valence-electron chi connectivity index (χ1n) is 9.58. The zero-order valence-electron chi connectivity index (χ0n) is 16.5. The summed E-state index contributed by atoms with van der Waals surface area (Å²) < 4.78 is 0. The summed E-state index contributed by atoms with van der Waals surface area (Å²) in [4.78, 5) is 12.7. The maximum atomic E-state index is 12.7. The highest BCUT2D eigenvalue weighted by Crippen LogP contribution is 2.30. The molecule has 0 aromatic heterocycles. The van der Waals surface area contributed by atoms with Crippen molar-refractivity contribution in [2.24, 2.45) is 0 Å². The minimum atomic E-state index is -0.460. The van der Waals surface area contributed by atoms with Gasteiger partial charge in [0.1, 0.15) is 17.4 Å². The number of aromatic hydroxyl groups is 1. The van der Waals surface area contributed by atoms with Gasteiger partial charge in [0.2, 0.25) is 0 Å². The molecule has 5 nitrogen and oxygen atoms in total. The fourth-order valence-electron chi connectivity index (χ4n) is 3.30. The summed E-state index contributed by atoms with van der Waals surface area (Å²) in [5.41, 5.74) is 3.51. The maximum absolute atomic E-state index is 12.7. The van der Waals surface area contributed by atoms with Crippen LogP contribution in [0.4, 0.5) is 11.4 Å². The number of nitriles is 1. The number of phenols is 1. The Morgan fingerprint density at radius 1 is 1.00 bits per heavy atom. The average molecular weight is 385 g/mol. The number of hydrogen-bond acceptors (Lipinski definition) is 4. The molecule has 0 aliphatic carbocycles. The van der Waals surface area contributed by atoms with Gasteiger partial charge in [-0.25, -0.2) is 0 Å². The molecular formula is C24H23N3O2. The van der Waals surface area contributed by atoms with E-state index in [1.807, 2.05) is 56.3 Å². The van der Waals surface area contributed by atoms with Crippen molar-refractivity contribution in [1.82, 2.24) is 0 Å². The monoisotopic (exact) mass is 385 g/mol. The zero-order chi connectivity index (χ0) is 20.8. The van der Waals surface area contributed by atoms with E-state index < -0.39 is 5.91 Å². The van der Waals surface area contributed by atoms with E-state index in [1.165, 1.54) is 6.20 Å². The van der Waals surface area contributed by atoms with Crippen LogP contribution in [-0.2, 0) is 17.6 Å². The van der Waals surface area contributed by atoms with E-state index in [9.17, 15) is 15.2 Å². The molecule has 0 saturated carbocycles. The number of carbonyl (C=O) groups excluding carboxylic acids is 1. The molecule has 0 bridgehead atoms. The molecule has 0 atom stereocenters. The van der Waals surface area contributed by atoms with E-state index in [2.05, 4.69) is 10.6 Å². The lowest BCUT2D eigenvalue weighted by Gasteiger charge is -2.14. The predicted octanol–water partition coefficient (Wildman–Crippen LogP) is 5.13. The molecule has 5 heteroatoms. The fraction of sp³-hybridized carbons (Fsp3) is 0.167. The van der Waals surface area contributed by atoms with Crippen LogP contribution in [0.25, 0.3) is 10.8 Å². The molecule has 0 unspecified atom stereocenters. The second kappa shape index (κ2) is 8.94. The van der Waals surface area contributed by atoms with Gasteiger partial charge < -0.3 is 15.7 Å². The quantitative estimate of drug-likeness (QED) is 0.406. The van der Waals surface area contributed by atoms with Crippen molar-refractivity contribution >= 4 is 28.1 Å². The highest BCUT2D eigenvalue weighted by atomic mass is 16.3. The summed E-state index contributed by atoms with van der Waals surface area (Å²) in [5, 5.41) is 26.9. The lowest BCUT2D eigenvalue weighted by Crippen LogP contribution is -2.17. The third-order valence-corrected chi connectivity index (χ3v) is 4.87. The molecule has 0 radical (unpaired) electrons. The Labute approximate surface area is 170 Å². The van der Waals surface area contributed by atoms with E-state index >= 15 is 0 Å². The summed E-state index contributed by atoms with van der Waals surface area (Å²) in [6, 6.07) is 18.6. The van der Waals surface area contributed by atoms with Crippen molar-refractivity contribution in [1.29, 1.82) is 5.26 Å². The molecule has 0 aliphatic rings. The first kappa shape index (κ1) is 20.0. The number of phenolic OH excluding ortho intramolecular Hbond substituents is 1. The molecule has 0 fully saturated rings. The van der Waals surface area contributed by atoms with Gasteiger partial charge in [0.25, 0.3) is 5.91 Å². The van der Waals surface area contributed by atoms with Crippen molar-refractivity contribution < 1.29 is 9.90 Å². The van der Waals surface area contributed by atoms with Gasteiger partial charge in [0, 0.05) is 28.3 Å². The molecule has 3 aromatic carbocycles. The molecule has 3 aromatic rings. The number of para-hydroxylation sites is 1. The first-order valence-corrected chi connectivity index (χ1v) is 9.58. The van der Waals surface area contributed by atoms with Crippen molar-refractivity contribution in [3.63, 3.8) is 0 Å². The maximum Gasteiger partial charge on any atom is 0.267 e. The van der Waals surface area contributed by atoms with Gasteiger partial charge in [0.05, 0.1) is 0 Å². The van der Waals surface area contributed by atoms with Crippen LogP contribution in [0, 0.1) is 11.3 Å². The lowest BCUT2D eigenvalue weighted by molar-refractivity contribution is -0.112. The number of aryl methyl sites for hydroxylation is 2. The van der Waals surface area contributed by atoms with E-state index in [0.29, 0.717) is 11.1 Å². The topological polar surface area (TPSA) is 85.2 Å². The molecule has 0 heterocycles. The highest BCUT2D eigenvalue weighted by Gasteiger charge is 2.14. The minimum Gasteiger partial charge on any atom is -0.507 e. The lowest BCUT2D eigenvalue weighted by atomic mass is 10.0. The Balaban J connectivity index is 1.88. The molecular weight excluding hydrogens is 362 g/mol. The summed E-state index contributed by atoms with van der Waals surface area (Å²) in [6.45, 7) is 4.06. The van der Waals surface area contributed by atoms with Gasteiger partial charge >= 0.3 is 0 Å². The van der Waals surface area contributed by atoms with Gasteiger partial charge in [0.15, 0.2) is 0 Å². The smallest absolute Gasteiger partial charge is 0.267 e. The molecule has 3 rings (SSSR count). The van der Waals surface area contributed by atoms with E-state index in [0.717, 1.165) is 35.0 Å². The summed E-state index contributed by atoms with van der Waals surface area (Å²) >= 11 is 0. The second-order valence-electron chi connectivity index (χ2n) is 6.60. The van der Waals surface area contributed by atoms with E-state index in [1.54, 1.807) is 18.2 Å². The SMILES string of the molecule is CCc1cccc(CC)c1NC(=O)/C(C#N)=C\Nc1cccc2c(O)cccc12. The summed E-state index contributed by atoms with van der Waals surface area (Å²) in [6.07, 6.45) is 2.97. The summed E-state index contributed by atoms with van der Waals surface area (Å²) in [7, 11) is 0. The van der Waals surface area contributed by atoms with Crippen molar-refractivity contribution in [3.8, 4) is 11.8 Å². The number of fused-ring (bicyclic) bond motifs is 1. The molecule has 1 amide bonds. The number of hydrogen-bond donors (Lipinski definition) is 3. The number of anilines is 2. The van der Waals surface area contributed by atoms with Gasteiger partial charge in [-0.2, -0.15) is 5.26 Å². The van der Waals surface area contributed by atoms with Crippen LogP contribution >= 0.6 is 0 Å². The Hall–Kier alpha value is -3.78. The van der Waals surface area contributed by atoms with Crippen LogP contribution in [0.1, 0.15) is 25.0 Å². The van der Waals surface area contributed by atoms with Crippen LogP contribution in [0.2, 0.25) is 0 Å². The fourth-order valence-corrected chi connectivity index (χ4v) is 3.30. The van der Waals surface area contributed by atoms with E-state index in [4.69, 9.17) is 0 Å². The van der Waals surface area contributed by atoms with Gasteiger partial charge in [-0.05, 0) is 36.1 Å². The predicted molar refractivity (Wildman–Crippen MR) is 117 cm³/mol. The molecule has 3 N–H and O–H groups in total. The van der Waals surface area contributed by atoms with Crippen molar-refractivity contribution in [2.75, 3.05) is 10.6 Å². The average Bonchev–Trinajstić information content (AvgIpc) is 2.74. The molecule has 0 saturated heterocycles. The molecule has 0 spiro atoms. The Bertz CT molecular complexity index is 1100. The van der Waals surface area contributed by atoms with Crippen LogP contribution < -0.4 is 10.6 Å². The van der Waals surface area contributed by atoms with Gasteiger partial charge in [-0.3, -0.25) is 4.79 Å². The van der Waals surface area contributed by atoms with Crippen LogP contribution in [-0.4, -0.2) is 11.0 Å². The first-order chi connectivity index (χ1) is 14.1. The number of rotatable bonds is 6. The standard InChI is InChI=1S/C24H23N3O2/c1-3-16-8-5-9-17(4-2)23(16)27-24(29)18(14-25)15-26-21-12-6-11-20-19(21)10-7-13-22(20)28/h5-13,15,26,28H,3-4H2,1-2H3,(H,27,29)/b18-15-. The minimum absolute atomic E-state index is 0.0323. The van der Waals surface area contributed by atoms with E-state index in [-0.39, 0.29) is 11.3 Å². The normalized spacial score (nSPS) is 11.1. The summed E-state index contributed by atoms with van der Waals surface area (Å²) in [5.74, 6) is -0.282. The van der Waals surface area contributed by atoms with Crippen molar-refractivity contribution in [2.45, 2.75) is 26.7 Å². The highest BCUT2D eigenvalue weighted by molar-refractivity contribution is 6.07. The van der Waals surface area contributed by atoms with Gasteiger partial charge in [-0.15, -0.1) is 0 Å². The molecule has 0 aliphatic heterocycles. The Morgan fingerprint density at radius 3 is 2.28 bits per heavy atom. The number of nitrogens with zero attached hydrogens (tertiary/aromatic N) is 1. The largest absolute Gasteiger partial charge is 0.507 e. The molecule has 146 valence electrons. The Kier molecular flexibility index (Phi) is 6.16. The number of nitrogens with one attached hydrogen (secondary N) is 2. The van der Waals surface area contributed by atoms with Crippen LogP contribution in [0.15, 0.2) is 66.4 Å². The third kappa shape index (κ3) is 4.22. The van der Waals surface area contributed by atoms with Crippen LogP contribution in [0.5, 0.6) is 5.75 Å².